The van der Waals surface area contributed by atoms with E-state index in [1.54, 1.807) is 39.0 Å². The largest absolute Gasteiger partial charge is 0.444 e. The van der Waals surface area contributed by atoms with E-state index in [1.165, 1.54) is 4.90 Å². The fourth-order valence-electron chi connectivity index (χ4n) is 3.67. The highest BCUT2D eigenvalue weighted by Gasteiger charge is 2.29. The van der Waals surface area contributed by atoms with Gasteiger partial charge in [0.2, 0.25) is 0 Å². The van der Waals surface area contributed by atoms with Gasteiger partial charge in [-0.05, 0) is 73.9 Å². The predicted molar refractivity (Wildman–Crippen MR) is 118 cm³/mol. The number of aromatic nitrogens is 4. The SMILES string of the molecule is CC(C)(C)OC(=O)Nc1cccc2c1CCCN2C(=O)n1nnn(-c2c(F)cccc2F)c1=O. The average molecular weight is 472 g/mol. The van der Waals surface area contributed by atoms with Crippen LogP contribution in [0.2, 0.25) is 0 Å². The third-order valence-electron chi connectivity index (χ3n) is 5.03. The van der Waals surface area contributed by atoms with E-state index in [9.17, 15) is 23.2 Å². The first-order valence-electron chi connectivity index (χ1n) is 10.5. The number of tetrazole rings is 1. The molecule has 178 valence electrons. The number of ether oxygens (including phenoxy) is 1. The number of hydrogen-bond donors (Lipinski definition) is 1. The van der Waals surface area contributed by atoms with Crippen molar-refractivity contribution in [1.29, 1.82) is 0 Å². The molecule has 2 aromatic carbocycles. The van der Waals surface area contributed by atoms with Gasteiger partial charge in [0.15, 0.2) is 11.6 Å². The van der Waals surface area contributed by atoms with Gasteiger partial charge in [0.1, 0.15) is 11.3 Å². The first-order chi connectivity index (χ1) is 16.1. The Morgan fingerprint density at radius 3 is 2.41 bits per heavy atom. The molecule has 0 fully saturated rings. The molecule has 2 heterocycles. The van der Waals surface area contributed by atoms with Crippen molar-refractivity contribution in [3.05, 3.63) is 64.1 Å². The molecule has 1 aliphatic heterocycles. The van der Waals surface area contributed by atoms with Crippen LogP contribution in [0.15, 0.2) is 41.2 Å². The quantitative estimate of drug-likeness (QED) is 0.572. The Bertz CT molecular complexity index is 1310. The molecule has 12 heteroatoms. The molecule has 0 aliphatic carbocycles. The number of hydrogen-bond acceptors (Lipinski definition) is 6. The smallest absolute Gasteiger partial charge is 0.412 e. The molecule has 34 heavy (non-hydrogen) atoms. The highest BCUT2D eigenvalue weighted by atomic mass is 19.1. The molecule has 0 atom stereocenters. The van der Waals surface area contributed by atoms with Gasteiger partial charge in [0, 0.05) is 12.2 Å². The van der Waals surface area contributed by atoms with Crippen LogP contribution in [0.25, 0.3) is 5.69 Å². The van der Waals surface area contributed by atoms with E-state index in [4.69, 9.17) is 4.74 Å². The summed E-state index contributed by atoms with van der Waals surface area (Å²) in [7, 11) is 0. The summed E-state index contributed by atoms with van der Waals surface area (Å²) in [6.45, 7) is 5.48. The number of benzene rings is 2. The van der Waals surface area contributed by atoms with Gasteiger partial charge < -0.3 is 4.74 Å². The lowest BCUT2D eigenvalue weighted by atomic mass is 10.00. The first kappa shape index (κ1) is 23.1. The zero-order chi connectivity index (χ0) is 24.6. The summed E-state index contributed by atoms with van der Waals surface area (Å²) < 4.78 is 34.4. The molecule has 0 unspecified atom stereocenters. The molecule has 0 saturated carbocycles. The minimum Gasteiger partial charge on any atom is -0.444 e. The van der Waals surface area contributed by atoms with Crippen molar-refractivity contribution in [2.75, 3.05) is 16.8 Å². The summed E-state index contributed by atoms with van der Waals surface area (Å²) in [4.78, 5) is 39.5. The third-order valence-corrected chi connectivity index (χ3v) is 5.03. The maximum Gasteiger partial charge on any atom is 0.412 e. The number of anilines is 2. The van der Waals surface area contributed by atoms with Gasteiger partial charge in [-0.2, -0.15) is 4.68 Å². The summed E-state index contributed by atoms with van der Waals surface area (Å²) in [6, 6.07) is 7.22. The van der Waals surface area contributed by atoms with E-state index >= 15 is 0 Å². The molecular weight excluding hydrogens is 450 g/mol. The van der Waals surface area contributed by atoms with E-state index in [0.29, 0.717) is 39.1 Å². The van der Waals surface area contributed by atoms with Crippen molar-refractivity contribution >= 4 is 23.5 Å². The predicted octanol–water partition coefficient (Wildman–Crippen LogP) is 3.48. The zero-order valence-corrected chi connectivity index (χ0v) is 18.7. The summed E-state index contributed by atoms with van der Waals surface area (Å²) >= 11 is 0. The van der Waals surface area contributed by atoms with Crippen LogP contribution in [-0.4, -0.2) is 44.1 Å². The van der Waals surface area contributed by atoms with Gasteiger partial charge in [-0.3, -0.25) is 10.2 Å². The molecular formula is C22H22F2N6O4. The Kier molecular flexibility index (Phi) is 5.90. The molecule has 3 aromatic rings. The second-order valence-electron chi connectivity index (χ2n) is 8.62. The summed E-state index contributed by atoms with van der Waals surface area (Å²) in [6.07, 6.45) is 0.458. The van der Waals surface area contributed by atoms with E-state index in [-0.39, 0.29) is 6.54 Å². The second-order valence-corrected chi connectivity index (χ2v) is 8.62. The van der Waals surface area contributed by atoms with Crippen LogP contribution in [0.3, 0.4) is 0 Å². The lowest BCUT2D eigenvalue weighted by Gasteiger charge is -2.30. The van der Waals surface area contributed by atoms with Crippen LogP contribution >= 0.6 is 0 Å². The van der Waals surface area contributed by atoms with Crippen molar-refractivity contribution in [1.82, 2.24) is 19.8 Å². The average Bonchev–Trinajstić information content (AvgIpc) is 3.12. The number of halogens is 2. The molecule has 1 aliphatic rings. The number of fused-ring (bicyclic) bond motifs is 1. The molecule has 1 aromatic heterocycles. The summed E-state index contributed by atoms with van der Waals surface area (Å²) in [5.74, 6) is -2.05. The third kappa shape index (κ3) is 4.38. The van der Waals surface area contributed by atoms with Crippen molar-refractivity contribution in [2.45, 2.75) is 39.2 Å². The molecule has 2 amide bonds. The van der Waals surface area contributed by atoms with Crippen molar-refractivity contribution in [3.63, 3.8) is 0 Å². The topological polar surface area (TPSA) is 111 Å². The van der Waals surface area contributed by atoms with E-state index < -0.39 is 40.7 Å². The fourth-order valence-corrected chi connectivity index (χ4v) is 3.67. The van der Waals surface area contributed by atoms with Gasteiger partial charge in [-0.25, -0.2) is 23.2 Å². The number of carbonyl (C=O) groups excluding carboxylic acids is 2. The molecule has 0 bridgehead atoms. The van der Waals surface area contributed by atoms with Crippen LogP contribution in [-0.2, 0) is 11.2 Å². The normalized spacial score (nSPS) is 13.4. The standard InChI is InChI=1S/C22H22F2N6O4/c1-22(2,3)34-19(31)25-16-10-5-11-17-13(16)7-6-12-28(17)20(32)30-21(33)29(26-27-30)18-14(23)8-4-9-15(18)24/h4-5,8-11H,6-7,12H2,1-3H3,(H,25,31). The van der Waals surface area contributed by atoms with Crippen LogP contribution in [0.5, 0.6) is 0 Å². The molecule has 1 N–H and O–H groups in total. The number of nitrogens with one attached hydrogen (secondary N) is 1. The van der Waals surface area contributed by atoms with Crippen LogP contribution < -0.4 is 15.9 Å². The van der Waals surface area contributed by atoms with Gasteiger partial charge in [0.25, 0.3) is 0 Å². The highest BCUT2D eigenvalue weighted by molar-refractivity contribution is 5.96. The lowest BCUT2D eigenvalue weighted by Crippen LogP contribution is -2.43. The second kappa shape index (κ2) is 8.69. The maximum atomic E-state index is 14.1. The highest BCUT2D eigenvalue weighted by Crippen LogP contribution is 2.33. The monoisotopic (exact) mass is 472 g/mol. The number of carbonyl (C=O) groups is 2. The number of para-hydroxylation sites is 1. The summed E-state index contributed by atoms with van der Waals surface area (Å²) in [5, 5.41) is 9.72. The van der Waals surface area contributed by atoms with E-state index in [0.717, 1.165) is 18.2 Å². The lowest BCUT2D eigenvalue weighted by molar-refractivity contribution is 0.0635. The van der Waals surface area contributed by atoms with Gasteiger partial charge in [0.05, 0.1) is 5.69 Å². The molecule has 0 radical (unpaired) electrons. The van der Waals surface area contributed by atoms with Crippen LogP contribution in [0.4, 0.5) is 29.7 Å². The number of amides is 2. The van der Waals surface area contributed by atoms with Gasteiger partial charge >= 0.3 is 17.8 Å². The van der Waals surface area contributed by atoms with Gasteiger partial charge in [-0.15, -0.1) is 4.68 Å². The molecule has 0 saturated heterocycles. The van der Waals surface area contributed by atoms with Gasteiger partial charge in [-0.1, -0.05) is 12.1 Å². The summed E-state index contributed by atoms with van der Waals surface area (Å²) in [5.41, 5.74) is -0.935. The van der Waals surface area contributed by atoms with Crippen LogP contribution in [0, 0.1) is 11.6 Å². The Labute approximate surface area is 192 Å². The fraction of sp³-hybridized carbons (Fsp3) is 0.318. The minimum absolute atomic E-state index is 0.259. The maximum absolute atomic E-state index is 14.1. The number of nitrogens with zero attached hydrogens (tertiary/aromatic N) is 5. The van der Waals surface area contributed by atoms with Crippen molar-refractivity contribution in [2.24, 2.45) is 0 Å². The minimum atomic E-state index is -1.12. The first-order valence-corrected chi connectivity index (χ1v) is 10.5. The van der Waals surface area contributed by atoms with Crippen molar-refractivity contribution in [3.8, 4) is 5.69 Å². The zero-order valence-electron chi connectivity index (χ0n) is 18.7. The Balaban J connectivity index is 1.66. The molecule has 0 spiro atoms. The molecule has 10 nitrogen and oxygen atoms in total. The van der Waals surface area contributed by atoms with E-state index in [2.05, 4.69) is 15.7 Å². The number of rotatable bonds is 2. The molecule has 4 rings (SSSR count). The van der Waals surface area contributed by atoms with Crippen LogP contribution in [0.1, 0.15) is 32.8 Å². The van der Waals surface area contributed by atoms with Crippen molar-refractivity contribution < 1.29 is 23.1 Å². The Morgan fingerprint density at radius 2 is 1.74 bits per heavy atom. The Hall–Kier alpha value is -4.09. The Morgan fingerprint density at radius 1 is 1.06 bits per heavy atom. The van der Waals surface area contributed by atoms with E-state index in [1.807, 2.05) is 0 Å².